The van der Waals surface area contributed by atoms with Gasteiger partial charge < -0.3 is 4.74 Å². The molecule has 2 saturated carbocycles. The Morgan fingerprint density at radius 3 is 2.88 bits per heavy atom. The Bertz CT molecular complexity index is 428. The lowest BCUT2D eigenvalue weighted by Crippen LogP contribution is -2.53. The topological polar surface area (TPSA) is 26.3 Å². The Kier molecular flexibility index (Phi) is 2.08. The van der Waals surface area contributed by atoms with Crippen LogP contribution in [-0.2, 0) is 9.53 Å². The fraction of sp³-hybridized carbons (Fsp3) is 0.800. The van der Waals surface area contributed by atoms with E-state index in [2.05, 4.69) is 6.92 Å². The van der Waals surface area contributed by atoms with Gasteiger partial charge in [0, 0.05) is 5.92 Å². The van der Waals surface area contributed by atoms with Crippen molar-refractivity contribution in [2.75, 3.05) is 0 Å². The van der Waals surface area contributed by atoms with E-state index in [0.29, 0.717) is 23.7 Å². The van der Waals surface area contributed by atoms with Gasteiger partial charge in [-0.05, 0) is 42.6 Å². The maximum Gasteiger partial charge on any atom is 0.309 e. The average molecular weight is 236 g/mol. The molecule has 2 nitrogen and oxygen atoms in total. The molecule has 6 atom stereocenters. The molecule has 2 heteroatoms. The van der Waals surface area contributed by atoms with Gasteiger partial charge >= 0.3 is 5.97 Å². The molecule has 2 aliphatic carbocycles. The molecule has 3 fully saturated rings. The van der Waals surface area contributed by atoms with Crippen molar-refractivity contribution in [2.24, 2.45) is 29.6 Å². The summed E-state index contributed by atoms with van der Waals surface area (Å²) in [6, 6.07) is 0. The zero-order valence-electron chi connectivity index (χ0n) is 12.6. The lowest BCUT2D eigenvalue weighted by atomic mass is 9.56. The first-order valence-electron chi connectivity index (χ1n) is 7.87. The summed E-state index contributed by atoms with van der Waals surface area (Å²) in [5.41, 5.74) is 0.751. The van der Waals surface area contributed by atoms with Crippen molar-refractivity contribution in [1.29, 1.82) is 0 Å². The fourth-order valence-corrected chi connectivity index (χ4v) is 4.32. The van der Waals surface area contributed by atoms with Crippen molar-refractivity contribution in [3.05, 3.63) is 12.1 Å². The molecule has 17 heavy (non-hydrogen) atoms. The number of hydrogen-bond acceptors (Lipinski definition) is 2. The third-order valence-corrected chi connectivity index (χ3v) is 5.37. The highest BCUT2D eigenvalue weighted by Gasteiger charge is 2.52. The molecule has 0 bridgehead atoms. The number of esters is 1. The normalized spacial score (nSPS) is 50.9. The summed E-state index contributed by atoms with van der Waals surface area (Å²) in [7, 11) is 0. The summed E-state index contributed by atoms with van der Waals surface area (Å²) in [4.78, 5) is 12.0. The lowest BCUT2D eigenvalue weighted by Gasteiger charge is -2.53. The van der Waals surface area contributed by atoms with Gasteiger partial charge in [0.25, 0.3) is 0 Å². The minimum atomic E-state index is -0.278. The van der Waals surface area contributed by atoms with E-state index in [1.807, 2.05) is 6.92 Å². The predicted molar refractivity (Wildman–Crippen MR) is 66.3 cm³/mol. The van der Waals surface area contributed by atoms with E-state index in [9.17, 15) is 4.79 Å². The second kappa shape index (κ2) is 3.86. The fourth-order valence-electron chi connectivity index (χ4n) is 4.32. The number of carbonyl (C=O) groups excluding carboxylic acids is 1. The van der Waals surface area contributed by atoms with Crippen LogP contribution in [0.3, 0.4) is 0 Å². The maximum absolute atomic E-state index is 12.0. The van der Waals surface area contributed by atoms with Gasteiger partial charge in [-0.25, -0.2) is 0 Å². The minimum absolute atomic E-state index is 0.0180. The molecule has 0 radical (unpaired) electrons. The molecule has 94 valence electrons. The number of hydrogen-bond donors (Lipinski definition) is 0. The smallest absolute Gasteiger partial charge is 0.309 e. The van der Waals surface area contributed by atoms with Crippen LogP contribution < -0.4 is 0 Å². The van der Waals surface area contributed by atoms with E-state index in [4.69, 9.17) is 7.48 Å². The Morgan fingerprint density at radius 1 is 1.29 bits per heavy atom. The zero-order valence-corrected chi connectivity index (χ0v) is 10.6. The lowest BCUT2D eigenvalue weighted by molar-refractivity contribution is -0.179. The van der Waals surface area contributed by atoms with Crippen molar-refractivity contribution in [3.63, 3.8) is 0 Å². The molecule has 0 aromatic carbocycles. The molecular weight excluding hydrogens is 212 g/mol. The molecule has 0 unspecified atom stereocenters. The van der Waals surface area contributed by atoms with Gasteiger partial charge in [-0.15, -0.1) is 0 Å². The van der Waals surface area contributed by atoms with E-state index in [1.54, 1.807) is 0 Å². The SMILES string of the molecule is [2H]C([2H])=C1CC[C@@H]2[C@H]3[C@@H](CC[C@H]2C)[C@@H](C)C(=O)O[C@H]13. The molecular formula is C15H22O2. The van der Waals surface area contributed by atoms with Crippen molar-refractivity contribution >= 4 is 5.97 Å². The third-order valence-electron chi connectivity index (χ3n) is 5.37. The van der Waals surface area contributed by atoms with Gasteiger partial charge in [-0.2, -0.15) is 0 Å². The molecule has 0 spiro atoms. The van der Waals surface area contributed by atoms with Crippen molar-refractivity contribution in [3.8, 4) is 0 Å². The molecule has 0 amide bonds. The van der Waals surface area contributed by atoms with Crippen LogP contribution in [-0.4, -0.2) is 12.1 Å². The highest BCUT2D eigenvalue weighted by Crippen LogP contribution is 2.53. The highest BCUT2D eigenvalue weighted by molar-refractivity contribution is 5.74. The van der Waals surface area contributed by atoms with Crippen LogP contribution in [0.4, 0.5) is 0 Å². The van der Waals surface area contributed by atoms with Gasteiger partial charge in [0.05, 0.1) is 8.66 Å². The second-order valence-corrected chi connectivity index (χ2v) is 6.17. The summed E-state index contributed by atoms with van der Waals surface area (Å²) >= 11 is 0. The number of ether oxygens (including phenoxy) is 1. The van der Waals surface area contributed by atoms with Crippen LogP contribution in [0.25, 0.3) is 0 Å². The van der Waals surface area contributed by atoms with Crippen molar-refractivity contribution in [2.45, 2.75) is 45.6 Å². The van der Waals surface area contributed by atoms with E-state index in [0.717, 1.165) is 24.8 Å². The Labute approximate surface area is 106 Å². The van der Waals surface area contributed by atoms with Crippen LogP contribution in [0.2, 0.25) is 0 Å². The van der Waals surface area contributed by atoms with E-state index in [-0.39, 0.29) is 24.5 Å². The van der Waals surface area contributed by atoms with Gasteiger partial charge in [0.15, 0.2) is 0 Å². The van der Waals surface area contributed by atoms with Gasteiger partial charge in [-0.1, -0.05) is 26.8 Å². The van der Waals surface area contributed by atoms with E-state index < -0.39 is 0 Å². The van der Waals surface area contributed by atoms with Gasteiger partial charge in [0.2, 0.25) is 0 Å². The number of carbonyl (C=O) groups is 1. The summed E-state index contributed by atoms with van der Waals surface area (Å²) in [5, 5.41) is 0. The molecule has 0 aromatic heterocycles. The van der Waals surface area contributed by atoms with Gasteiger partial charge in [0.1, 0.15) is 6.10 Å². The standard InChI is InChI=1S/C15H22O2/c1-8-4-7-12-10(3)15(16)17-14-9(2)5-6-11(8)13(12)14/h8,10-14H,2,4-7H2,1,3H3/t8-,10-,11+,12+,13+,14-/m1/s1/i2D2. The molecule has 1 saturated heterocycles. The summed E-state index contributed by atoms with van der Waals surface area (Å²) in [6.45, 7) is 4.15. The summed E-state index contributed by atoms with van der Waals surface area (Å²) in [6.07, 6.45) is 3.82. The van der Waals surface area contributed by atoms with E-state index >= 15 is 0 Å². The van der Waals surface area contributed by atoms with Crippen LogP contribution in [0.15, 0.2) is 12.1 Å². The van der Waals surface area contributed by atoms with Gasteiger partial charge in [-0.3, -0.25) is 4.79 Å². The summed E-state index contributed by atoms with van der Waals surface area (Å²) in [5.74, 6) is 1.88. The highest BCUT2D eigenvalue weighted by atomic mass is 16.5. The Morgan fingerprint density at radius 2 is 2.12 bits per heavy atom. The van der Waals surface area contributed by atoms with Crippen LogP contribution >= 0.6 is 0 Å². The minimum Gasteiger partial charge on any atom is -0.457 e. The molecule has 0 N–H and O–H groups in total. The third kappa shape index (κ3) is 1.56. The molecule has 3 rings (SSSR count). The Balaban J connectivity index is 2.00. The number of rotatable bonds is 0. The zero-order chi connectivity index (χ0) is 13.7. The largest absolute Gasteiger partial charge is 0.457 e. The summed E-state index contributed by atoms with van der Waals surface area (Å²) < 4.78 is 20.9. The van der Waals surface area contributed by atoms with Crippen LogP contribution in [0.5, 0.6) is 0 Å². The van der Waals surface area contributed by atoms with Crippen molar-refractivity contribution < 1.29 is 12.3 Å². The quantitative estimate of drug-likeness (QED) is 0.477. The first-order chi connectivity index (χ1) is 9.00. The van der Waals surface area contributed by atoms with Crippen molar-refractivity contribution in [1.82, 2.24) is 0 Å². The van der Waals surface area contributed by atoms with E-state index in [1.165, 1.54) is 6.42 Å². The molecule has 3 aliphatic rings. The predicted octanol–water partition coefficient (Wildman–Crippen LogP) is 3.18. The van der Waals surface area contributed by atoms with Crippen LogP contribution in [0, 0.1) is 29.6 Å². The first-order valence-corrected chi connectivity index (χ1v) is 6.87. The average Bonchev–Trinajstić information content (AvgIpc) is 2.37. The monoisotopic (exact) mass is 236 g/mol. The molecule has 1 aliphatic heterocycles. The first kappa shape index (κ1) is 9.18. The maximum atomic E-state index is 12.0. The van der Waals surface area contributed by atoms with Crippen LogP contribution in [0.1, 0.15) is 42.3 Å². The molecule has 0 aromatic rings. The molecule has 1 heterocycles. The Hall–Kier alpha value is -0.790. The second-order valence-electron chi connectivity index (χ2n) is 6.17.